The summed E-state index contributed by atoms with van der Waals surface area (Å²) in [5, 5.41) is 16.9. The number of fused-ring (bicyclic) bond motifs is 1. The summed E-state index contributed by atoms with van der Waals surface area (Å²) < 4.78 is 15.0. The molecule has 0 saturated heterocycles. The van der Waals surface area contributed by atoms with Crippen LogP contribution in [0.4, 0.5) is 4.39 Å². The van der Waals surface area contributed by atoms with Gasteiger partial charge in [0.15, 0.2) is 0 Å². The van der Waals surface area contributed by atoms with E-state index in [9.17, 15) is 9.18 Å². The van der Waals surface area contributed by atoms with Gasteiger partial charge in [0.2, 0.25) is 0 Å². The van der Waals surface area contributed by atoms with E-state index in [4.69, 9.17) is 5.26 Å². The Hall–Kier alpha value is -3.07. The fourth-order valence-electron chi connectivity index (χ4n) is 2.03. The second kappa shape index (κ2) is 5.13. The van der Waals surface area contributed by atoms with Gasteiger partial charge in [-0.3, -0.25) is 4.79 Å². The van der Waals surface area contributed by atoms with Crippen molar-refractivity contribution in [1.29, 1.82) is 5.26 Å². The predicted octanol–water partition coefficient (Wildman–Crippen LogP) is 1.85. The summed E-state index contributed by atoms with van der Waals surface area (Å²) in [5.41, 5.74) is 0.678. The smallest absolute Gasteiger partial charge is 0.267 e. The predicted molar refractivity (Wildman–Crippen MR) is 74.0 cm³/mol. The molecule has 0 amide bonds. The summed E-state index contributed by atoms with van der Waals surface area (Å²) >= 11 is 0. The monoisotopic (exact) mass is 280 g/mol. The highest BCUT2D eigenvalue weighted by atomic mass is 19.1. The van der Waals surface area contributed by atoms with Crippen LogP contribution in [0.3, 0.4) is 0 Å². The number of aromatic nitrogens is 3. The molecule has 0 spiro atoms. The molecule has 0 atom stereocenters. The Morgan fingerprint density at radius 1 is 1.24 bits per heavy atom. The van der Waals surface area contributed by atoms with Crippen molar-refractivity contribution in [3.05, 3.63) is 69.8 Å². The van der Waals surface area contributed by atoms with Crippen LogP contribution < -0.4 is 5.56 Å². The van der Waals surface area contributed by atoms with E-state index in [0.29, 0.717) is 10.9 Å². The van der Waals surface area contributed by atoms with E-state index in [1.165, 1.54) is 12.1 Å². The molecular weight excluding hydrogens is 271 g/mol. The molecule has 5 nitrogen and oxygen atoms in total. The van der Waals surface area contributed by atoms with Gasteiger partial charge in [-0.05, 0) is 24.3 Å². The maximum Gasteiger partial charge on any atom is 0.277 e. The van der Waals surface area contributed by atoms with Crippen molar-refractivity contribution in [2.45, 2.75) is 6.54 Å². The molecule has 0 fully saturated rings. The minimum absolute atomic E-state index is 0.0335. The Labute approximate surface area is 118 Å². The van der Waals surface area contributed by atoms with Gasteiger partial charge in [0.25, 0.3) is 5.56 Å². The molecule has 3 aromatic rings. The van der Waals surface area contributed by atoms with Crippen molar-refractivity contribution in [1.82, 2.24) is 15.0 Å². The first kappa shape index (κ1) is 12.9. The van der Waals surface area contributed by atoms with Crippen LogP contribution in [0.25, 0.3) is 10.9 Å². The van der Waals surface area contributed by atoms with E-state index in [2.05, 4.69) is 10.3 Å². The van der Waals surface area contributed by atoms with Gasteiger partial charge in [0, 0.05) is 5.56 Å². The maximum atomic E-state index is 13.9. The van der Waals surface area contributed by atoms with Gasteiger partial charge in [-0.1, -0.05) is 23.4 Å². The second-order valence-electron chi connectivity index (χ2n) is 4.49. The van der Waals surface area contributed by atoms with Crippen LogP contribution in [0.1, 0.15) is 11.1 Å². The topological polar surface area (TPSA) is 71.6 Å². The molecule has 0 aliphatic rings. The molecular formula is C15H9FN4O. The third-order valence-electron chi connectivity index (χ3n) is 3.13. The third-order valence-corrected chi connectivity index (χ3v) is 3.13. The zero-order valence-corrected chi connectivity index (χ0v) is 10.8. The Morgan fingerprint density at radius 3 is 2.81 bits per heavy atom. The normalized spacial score (nSPS) is 10.5. The Morgan fingerprint density at radius 2 is 2.05 bits per heavy atom. The first-order valence-corrected chi connectivity index (χ1v) is 6.20. The zero-order chi connectivity index (χ0) is 14.8. The summed E-state index contributed by atoms with van der Waals surface area (Å²) in [6.07, 6.45) is 0. The summed E-state index contributed by atoms with van der Waals surface area (Å²) in [6, 6.07) is 12.8. The number of nitrogens with zero attached hydrogens (tertiary/aromatic N) is 4. The van der Waals surface area contributed by atoms with Gasteiger partial charge in [0.1, 0.15) is 11.3 Å². The van der Waals surface area contributed by atoms with Crippen molar-refractivity contribution < 1.29 is 4.39 Å². The van der Waals surface area contributed by atoms with Crippen molar-refractivity contribution in [3.8, 4) is 6.07 Å². The van der Waals surface area contributed by atoms with Gasteiger partial charge >= 0.3 is 0 Å². The lowest BCUT2D eigenvalue weighted by atomic mass is 10.1. The van der Waals surface area contributed by atoms with Crippen molar-refractivity contribution in [3.63, 3.8) is 0 Å². The van der Waals surface area contributed by atoms with Crippen LogP contribution in [-0.2, 0) is 6.54 Å². The quantitative estimate of drug-likeness (QED) is 0.718. The minimum Gasteiger partial charge on any atom is -0.267 e. The molecule has 0 N–H and O–H groups in total. The average molecular weight is 280 g/mol. The molecule has 0 saturated carbocycles. The van der Waals surface area contributed by atoms with Crippen LogP contribution in [0.2, 0.25) is 0 Å². The number of nitriles is 1. The van der Waals surface area contributed by atoms with E-state index < -0.39 is 5.82 Å². The van der Waals surface area contributed by atoms with Crippen LogP contribution in [-0.4, -0.2) is 15.0 Å². The molecule has 3 rings (SSSR count). The Kier molecular flexibility index (Phi) is 3.16. The van der Waals surface area contributed by atoms with Crippen molar-refractivity contribution >= 4 is 10.9 Å². The van der Waals surface area contributed by atoms with Crippen LogP contribution >= 0.6 is 0 Å². The number of halogens is 1. The van der Waals surface area contributed by atoms with Gasteiger partial charge in [-0.15, -0.1) is 5.10 Å². The van der Waals surface area contributed by atoms with Crippen molar-refractivity contribution in [2.75, 3.05) is 0 Å². The second-order valence-corrected chi connectivity index (χ2v) is 4.49. The molecule has 1 heterocycles. The molecule has 0 unspecified atom stereocenters. The molecule has 0 aliphatic heterocycles. The van der Waals surface area contributed by atoms with Gasteiger partial charge in [-0.25, -0.2) is 9.07 Å². The lowest BCUT2D eigenvalue weighted by Gasteiger charge is -2.06. The number of hydrogen-bond acceptors (Lipinski definition) is 4. The SMILES string of the molecule is N#Cc1ccc(Cn2nnc3ccccc3c2=O)c(F)c1. The van der Waals surface area contributed by atoms with Gasteiger partial charge in [0.05, 0.1) is 23.6 Å². The number of benzene rings is 2. The molecule has 6 heteroatoms. The van der Waals surface area contributed by atoms with Gasteiger partial charge in [-0.2, -0.15) is 5.26 Å². The van der Waals surface area contributed by atoms with Crippen LogP contribution in [0, 0.1) is 17.1 Å². The molecule has 2 aromatic carbocycles. The summed E-state index contributed by atoms with van der Waals surface area (Å²) in [6.45, 7) is -0.0335. The lowest BCUT2D eigenvalue weighted by Crippen LogP contribution is -2.25. The highest BCUT2D eigenvalue weighted by molar-refractivity contribution is 5.76. The minimum atomic E-state index is -0.545. The van der Waals surface area contributed by atoms with E-state index >= 15 is 0 Å². The van der Waals surface area contributed by atoms with Crippen molar-refractivity contribution in [2.24, 2.45) is 0 Å². The highest BCUT2D eigenvalue weighted by Crippen LogP contribution is 2.11. The van der Waals surface area contributed by atoms with Crippen LogP contribution in [0.15, 0.2) is 47.3 Å². The molecule has 0 bridgehead atoms. The van der Waals surface area contributed by atoms with E-state index in [1.54, 1.807) is 24.3 Å². The Balaban J connectivity index is 2.05. The fourth-order valence-corrected chi connectivity index (χ4v) is 2.03. The number of hydrogen-bond donors (Lipinski definition) is 0. The lowest BCUT2D eigenvalue weighted by molar-refractivity contribution is 0.557. The summed E-state index contributed by atoms with van der Waals surface area (Å²) in [4.78, 5) is 12.3. The van der Waals surface area contributed by atoms with E-state index in [1.807, 2.05) is 6.07 Å². The van der Waals surface area contributed by atoms with Crippen LogP contribution in [0.5, 0.6) is 0 Å². The van der Waals surface area contributed by atoms with E-state index in [-0.39, 0.29) is 23.2 Å². The van der Waals surface area contributed by atoms with E-state index in [0.717, 1.165) is 10.7 Å². The molecule has 102 valence electrons. The maximum absolute atomic E-state index is 13.9. The first-order valence-electron chi connectivity index (χ1n) is 6.20. The third kappa shape index (κ3) is 2.37. The summed E-state index contributed by atoms with van der Waals surface area (Å²) in [7, 11) is 0. The highest BCUT2D eigenvalue weighted by Gasteiger charge is 2.09. The summed E-state index contributed by atoms with van der Waals surface area (Å²) in [5.74, 6) is -0.545. The number of rotatable bonds is 2. The largest absolute Gasteiger partial charge is 0.277 e. The first-order chi connectivity index (χ1) is 10.2. The zero-order valence-electron chi connectivity index (χ0n) is 10.8. The average Bonchev–Trinajstić information content (AvgIpc) is 2.52. The van der Waals surface area contributed by atoms with Gasteiger partial charge < -0.3 is 0 Å². The fraction of sp³-hybridized carbons (Fsp3) is 0.0667. The molecule has 1 aromatic heterocycles. The molecule has 21 heavy (non-hydrogen) atoms. The Bertz CT molecular complexity index is 927. The standard InChI is InChI=1S/C15H9FN4O/c16-13-7-10(8-17)5-6-11(13)9-20-15(21)12-3-1-2-4-14(12)18-19-20/h1-7H,9H2. The molecule has 0 aliphatic carbocycles. The molecule has 0 radical (unpaired) electrons.